The Bertz CT molecular complexity index is 886. The van der Waals surface area contributed by atoms with Gasteiger partial charge < -0.3 is 5.32 Å². The number of nitrogens with one attached hydrogen (secondary N) is 2. The molecule has 0 radical (unpaired) electrons. The summed E-state index contributed by atoms with van der Waals surface area (Å²) in [5, 5.41) is 3.38. The zero-order valence-corrected chi connectivity index (χ0v) is 16.1. The monoisotopic (exact) mass is 380 g/mol. The molecule has 2 rings (SSSR count). The maximum Gasteiger partial charge on any atom is 0.255 e. The molecule has 0 saturated carbocycles. The largest absolute Gasteiger partial charge is 0.322 e. The second kappa shape index (κ2) is 7.15. The van der Waals surface area contributed by atoms with E-state index in [0.29, 0.717) is 16.3 Å². The Morgan fingerprint density at radius 3 is 2.16 bits per heavy atom. The number of halogens is 1. The number of rotatable bonds is 4. The molecule has 0 spiro atoms. The molecule has 25 heavy (non-hydrogen) atoms. The van der Waals surface area contributed by atoms with Crippen molar-refractivity contribution >= 4 is 33.2 Å². The van der Waals surface area contributed by atoms with Crippen molar-refractivity contribution in [3.8, 4) is 0 Å². The van der Waals surface area contributed by atoms with Crippen molar-refractivity contribution in [2.24, 2.45) is 0 Å². The number of hydrogen-bond donors (Lipinski definition) is 2. The fourth-order valence-corrected chi connectivity index (χ4v) is 3.85. The normalized spacial score (nSPS) is 12.0. The molecule has 0 aliphatic rings. The van der Waals surface area contributed by atoms with Crippen molar-refractivity contribution in [2.45, 2.75) is 38.1 Å². The summed E-state index contributed by atoms with van der Waals surface area (Å²) >= 11 is 5.90. The highest BCUT2D eigenvalue weighted by molar-refractivity contribution is 7.89. The van der Waals surface area contributed by atoms with Gasteiger partial charge in [0.15, 0.2) is 0 Å². The van der Waals surface area contributed by atoms with Crippen LogP contribution in [0.3, 0.4) is 0 Å². The van der Waals surface area contributed by atoms with Gasteiger partial charge in [-0.15, -0.1) is 0 Å². The minimum atomic E-state index is -3.63. The van der Waals surface area contributed by atoms with E-state index >= 15 is 0 Å². The average Bonchev–Trinajstić information content (AvgIpc) is 2.48. The van der Waals surface area contributed by atoms with Gasteiger partial charge in [-0.1, -0.05) is 11.6 Å². The summed E-state index contributed by atoms with van der Waals surface area (Å²) in [5.74, 6) is -0.321. The van der Waals surface area contributed by atoms with Crippen LogP contribution in [0.15, 0.2) is 47.4 Å². The summed E-state index contributed by atoms with van der Waals surface area (Å²) in [7, 11) is -3.63. The molecule has 0 fully saturated rings. The van der Waals surface area contributed by atoms with Crippen LogP contribution >= 0.6 is 11.6 Å². The molecule has 0 aromatic heterocycles. The molecule has 0 aliphatic heterocycles. The van der Waals surface area contributed by atoms with Crippen LogP contribution in [0.1, 0.15) is 36.7 Å². The van der Waals surface area contributed by atoms with Gasteiger partial charge in [-0.2, -0.15) is 0 Å². The Kier molecular flexibility index (Phi) is 5.56. The van der Waals surface area contributed by atoms with Gasteiger partial charge in [0, 0.05) is 21.8 Å². The molecule has 2 N–H and O–H groups in total. The SMILES string of the molecule is Cc1cc(Cl)ccc1NC(=O)c1ccc(S(=O)(=O)NC(C)(C)C)cc1. The number of benzene rings is 2. The van der Waals surface area contributed by atoms with Gasteiger partial charge >= 0.3 is 0 Å². The lowest BCUT2D eigenvalue weighted by atomic mass is 10.1. The number of carbonyl (C=O) groups is 1. The highest BCUT2D eigenvalue weighted by Gasteiger charge is 2.22. The van der Waals surface area contributed by atoms with Gasteiger partial charge in [-0.25, -0.2) is 13.1 Å². The highest BCUT2D eigenvalue weighted by atomic mass is 35.5. The summed E-state index contributed by atoms with van der Waals surface area (Å²) in [5.41, 5.74) is 1.28. The molecular weight excluding hydrogens is 360 g/mol. The maximum absolute atomic E-state index is 12.3. The predicted octanol–water partition coefficient (Wildman–Crippen LogP) is 3.98. The summed E-state index contributed by atoms with van der Waals surface area (Å²) < 4.78 is 27.1. The van der Waals surface area contributed by atoms with E-state index in [0.717, 1.165) is 5.56 Å². The smallest absolute Gasteiger partial charge is 0.255 e. The molecule has 0 aliphatic carbocycles. The third-order valence-electron chi connectivity index (χ3n) is 3.30. The summed E-state index contributed by atoms with van der Waals surface area (Å²) in [6.07, 6.45) is 0. The Hall–Kier alpha value is -1.89. The van der Waals surface area contributed by atoms with Gasteiger partial charge in [0.1, 0.15) is 0 Å². The van der Waals surface area contributed by atoms with E-state index in [1.54, 1.807) is 39.0 Å². The van der Waals surface area contributed by atoms with E-state index in [1.165, 1.54) is 24.3 Å². The molecule has 134 valence electrons. The van der Waals surface area contributed by atoms with Crippen LogP contribution in [0.4, 0.5) is 5.69 Å². The Morgan fingerprint density at radius 2 is 1.64 bits per heavy atom. The standard InChI is InChI=1S/C18H21ClN2O3S/c1-12-11-14(19)7-10-16(12)20-17(22)13-5-8-15(9-6-13)25(23,24)21-18(2,3)4/h5-11,21H,1-4H3,(H,20,22). The average molecular weight is 381 g/mol. The molecule has 7 heteroatoms. The van der Waals surface area contributed by atoms with Gasteiger partial charge in [0.05, 0.1) is 4.90 Å². The zero-order valence-electron chi connectivity index (χ0n) is 14.6. The summed E-state index contributed by atoms with van der Waals surface area (Å²) in [6.45, 7) is 7.14. The number of sulfonamides is 1. The maximum atomic E-state index is 12.3. The zero-order chi connectivity index (χ0) is 18.8. The first-order chi connectivity index (χ1) is 11.5. The third-order valence-corrected chi connectivity index (χ3v) is 5.31. The summed E-state index contributed by atoms with van der Waals surface area (Å²) in [4.78, 5) is 12.4. The number of aryl methyl sites for hydroxylation is 1. The van der Waals surface area contributed by atoms with E-state index in [2.05, 4.69) is 10.0 Å². The van der Waals surface area contributed by atoms with E-state index in [-0.39, 0.29) is 10.8 Å². The first-order valence-corrected chi connectivity index (χ1v) is 9.56. The van der Waals surface area contributed by atoms with Gasteiger partial charge in [-0.3, -0.25) is 4.79 Å². The molecule has 2 aromatic carbocycles. The fourth-order valence-electron chi connectivity index (χ4n) is 2.21. The number of carbonyl (C=O) groups excluding carboxylic acids is 1. The Labute approximate surface area is 153 Å². The van der Waals surface area contributed by atoms with Crippen molar-refractivity contribution in [1.29, 1.82) is 0 Å². The van der Waals surface area contributed by atoms with Crippen LogP contribution in [0.2, 0.25) is 5.02 Å². The molecular formula is C18H21ClN2O3S. The quantitative estimate of drug-likeness (QED) is 0.842. The van der Waals surface area contributed by atoms with Crippen LogP contribution in [0.25, 0.3) is 0 Å². The molecule has 0 saturated heterocycles. The second-order valence-corrected chi connectivity index (χ2v) is 8.91. The van der Waals surface area contributed by atoms with Crippen molar-refractivity contribution in [1.82, 2.24) is 4.72 Å². The minimum Gasteiger partial charge on any atom is -0.322 e. The topological polar surface area (TPSA) is 75.3 Å². The lowest BCUT2D eigenvalue weighted by Crippen LogP contribution is -2.40. The number of anilines is 1. The highest BCUT2D eigenvalue weighted by Crippen LogP contribution is 2.21. The molecule has 5 nitrogen and oxygen atoms in total. The minimum absolute atomic E-state index is 0.113. The first kappa shape index (κ1) is 19.4. The Morgan fingerprint density at radius 1 is 1.04 bits per heavy atom. The lowest BCUT2D eigenvalue weighted by molar-refractivity contribution is 0.102. The molecule has 0 atom stereocenters. The Balaban J connectivity index is 2.18. The fraction of sp³-hybridized carbons (Fsp3) is 0.278. The van der Waals surface area contributed by atoms with Gasteiger partial charge in [0.25, 0.3) is 5.91 Å². The van der Waals surface area contributed by atoms with Crippen molar-refractivity contribution in [3.05, 3.63) is 58.6 Å². The van der Waals surface area contributed by atoms with Crippen molar-refractivity contribution in [3.63, 3.8) is 0 Å². The third kappa shape index (κ3) is 5.29. The predicted molar refractivity (Wildman–Crippen MR) is 101 cm³/mol. The molecule has 2 aromatic rings. The van der Waals surface area contributed by atoms with E-state index in [1.807, 2.05) is 6.92 Å². The lowest BCUT2D eigenvalue weighted by Gasteiger charge is -2.20. The van der Waals surface area contributed by atoms with E-state index < -0.39 is 15.6 Å². The van der Waals surface area contributed by atoms with E-state index in [4.69, 9.17) is 11.6 Å². The number of amides is 1. The number of hydrogen-bond acceptors (Lipinski definition) is 3. The van der Waals surface area contributed by atoms with Gasteiger partial charge in [-0.05, 0) is 75.7 Å². The first-order valence-electron chi connectivity index (χ1n) is 7.69. The van der Waals surface area contributed by atoms with E-state index in [9.17, 15) is 13.2 Å². The van der Waals surface area contributed by atoms with Crippen molar-refractivity contribution in [2.75, 3.05) is 5.32 Å². The molecule has 0 bridgehead atoms. The van der Waals surface area contributed by atoms with Crippen LogP contribution in [-0.2, 0) is 10.0 Å². The summed E-state index contributed by atoms with van der Waals surface area (Å²) in [6, 6.07) is 11.0. The molecule has 0 unspecified atom stereocenters. The van der Waals surface area contributed by atoms with Crippen molar-refractivity contribution < 1.29 is 13.2 Å². The van der Waals surface area contributed by atoms with Crippen LogP contribution in [-0.4, -0.2) is 19.9 Å². The van der Waals surface area contributed by atoms with Crippen LogP contribution in [0.5, 0.6) is 0 Å². The molecule has 1 amide bonds. The van der Waals surface area contributed by atoms with Crippen LogP contribution in [0, 0.1) is 6.92 Å². The van der Waals surface area contributed by atoms with Crippen LogP contribution < -0.4 is 10.0 Å². The van der Waals surface area contributed by atoms with Gasteiger partial charge in [0.2, 0.25) is 10.0 Å². The molecule has 0 heterocycles. The second-order valence-electron chi connectivity index (χ2n) is 6.79.